The van der Waals surface area contributed by atoms with E-state index in [1.165, 1.54) is 6.39 Å². The Hall–Kier alpha value is -1.57. The number of allylic oxidation sites excluding steroid dienone is 4. The number of rotatable bonds is 0. The lowest BCUT2D eigenvalue weighted by Crippen LogP contribution is -1.81. The molecule has 0 spiro atoms. The Morgan fingerprint density at radius 2 is 2.15 bits per heavy atom. The van der Waals surface area contributed by atoms with Crippen LogP contribution in [0.5, 0.6) is 0 Å². The molecule has 0 fully saturated rings. The Labute approximate surface area is 77.3 Å². The maximum Gasteiger partial charge on any atom is 0.181 e. The van der Waals surface area contributed by atoms with Gasteiger partial charge in [0.1, 0.15) is 5.69 Å². The number of oxazole rings is 1. The molecule has 0 N–H and O–H groups in total. The summed E-state index contributed by atoms with van der Waals surface area (Å²) in [5.41, 5.74) is 0.895. The molecule has 1 aliphatic carbocycles. The highest BCUT2D eigenvalue weighted by Gasteiger charge is 2.01. The SMILES string of the molecule is CC1/C=C/C=C\c2ocnc2/C=C/1. The molecule has 1 aliphatic rings. The zero-order valence-corrected chi connectivity index (χ0v) is 7.47. The standard InChI is InChI=1S/C11H11NO/c1-9-4-2-3-5-11-10(7-6-9)12-8-13-11/h2-9H,1H3/b4-2+,5-3-,7-6+. The minimum Gasteiger partial charge on any atom is -0.443 e. The molecule has 0 saturated carbocycles. The number of hydrogen-bond acceptors (Lipinski definition) is 2. The third-order valence-electron chi connectivity index (χ3n) is 1.95. The van der Waals surface area contributed by atoms with Crippen molar-refractivity contribution in [2.45, 2.75) is 6.92 Å². The Morgan fingerprint density at radius 3 is 3.08 bits per heavy atom. The van der Waals surface area contributed by atoms with E-state index in [1.807, 2.05) is 24.3 Å². The summed E-state index contributed by atoms with van der Waals surface area (Å²) in [6, 6.07) is 0. The summed E-state index contributed by atoms with van der Waals surface area (Å²) in [7, 11) is 0. The minimum absolute atomic E-state index is 0.437. The second-order valence-corrected chi connectivity index (χ2v) is 3.06. The second kappa shape index (κ2) is 3.44. The third-order valence-corrected chi connectivity index (χ3v) is 1.95. The van der Waals surface area contributed by atoms with Gasteiger partial charge in [-0.1, -0.05) is 31.2 Å². The highest BCUT2D eigenvalue weighted by atomic mass is 16.3. The summed E-state index contributed by atoms with van der Waals surface area (Å²) in [6.07, 6.45) is 13.6. The maximum atomic E-state index is 5.20. The molecule has 2 rings (SSSR count). The van der Waals surface area contributed by atoms with Crippen LogP contribution in [0.15, 0.2) is 35.1 Å². The Kier molecular flexibility index (Phi) is 2.13. The topological polar surface area (TPSA) is 26.0 Å². The molecular formula is C11H11NO. The van der Waals surface area contributed by atoms with E-state index in [-0.39, 0.29) is 0 Å². The summed E-state index contributed by atoms with van der Waals surface area (Å²) in [5.74, 6) is 1.25. The van der Waals surface area contributed by atoms with E-state index in [4.69, 9.17) is 4.42 Å². The van der Waals surface area contributed by atoms with Gasteiger partial charge in [-0.3, -0.25) is 0 Å². The fraction of sp³-hybridized carbons (Fsp3) is 0.182. The lowest BCUT2D eigenvalue weighted by molar-refractivity contribution is 0.548. The van der Waals surface area contributed by atoms with E-state index in [9.17, 15) is 0 Å². The number of nitrogens with zero attached hydrogens (tertiary/aromatic N) is 1. The summed E-state index contributed by atoms with van der Waals surface area (Å²) in [5, 5.41) is 0. The molecule has 1 aromatic heterocycles. The van der Waals surface area contributed by atoms with Gasteiger partial charge in [0.25, 0.3) is 0 Å². The number of fused-ring (bicyclic) bond motifs is 1. The van der Waals surface area contributed by atoms with Crippen LogP contribution in [0.4, 0.5) is 0 Å². The molecular weight excluding hydrogens is 162 g/mol. The normalized spacial score (nSPS) is 27.9. The van der Waals surface area contributed by atoms with E-state index < -0.39 is 0 Å². The van der Waals surface area contributed by atoms with E-state index in [0.717, 1.165) is 11.5 Å². The first-order valence-corrected chi connectivity index (χ1v) is 4.33. The van der Waals surface area contributed by atoms with E-state index in [2.05, 4.69) is 24.1 Å². The summed E-state index contributed by atoms with van der Waals surface area (Å²) >= 11 is 0. The van der Waals surface area contributed by atoms with E-state index in [0.29, 0.717) is 5.92 Å². The molecule has 1 aromatic rings. The van der Waals surface area contributed by atoms with Crippen LogP contribution < -0.4 is 0 Å². The van der Waals surface area contributed by atoms with Gasteiger partial charge in [-0.05, 0) is 18.1 Å². The van der Waals surface area contributed by atoms with Crippen LogP contribution in [0, 0.1) is 5.92 Å². The number of hydrogen-bond donors (Lipinski definition) is 0. The van der Waals surface area contributed by atoms with Crippen molar-refractivity contribution < 1.29 is 4.42 Å². The summed E-state index contributed by atoms with van der Waals surface area (Å²) in [6.45, 7) is 2.13. The van der Waals surface area contributed by atoms with Gasteiger partial charge < -0.3 is 4.42 Å². The van der Waals surface area contributed by atoms with Crippen LogP contribution in [0.25, 0.3) is 12.2 Å². The minimum atomic E-state index is 0.437. The lowest BCUT2D eigenvalue weighted by atomic mass is 10.1. The zero-order chi connectivity index (χ0) is 9.10. The van der Waals surface area contributed by atoms with Gasteiger partial charge in [-0.25, -0.2) is 4.98 Å². The molecule has 1 atom stereocenters. The molecule has 0 amide bonds. The van der Waals surface area contributed by atoms with Gasteiger partial charge in [-0.2, -0.15) is 0 Å². The zero-order valence-electron chi connectivity index (χ0n) is 7.47. The van der Waals surface area contributed by atoms with Gasteiger partial charge >= 0.3 is 0 Å². The number of aromatic nitrogens is 1. The highest BCUT2D eigenvalue weighted by Crippen LogP contribution is 2.14. The molecule has 0 aliphatic heterocycles. The van der Waals surface area contributed by atoms with Crippen LogP contribution in [-0.4, -0.2) is 4.98 Å². The van der Waals surface area contributed by atoms with Crippen molar-refractivity contribution in [2.24, 2.45) is 5.92 Å². The van der Waals surface area contributed by atoms with Crippen molar-refractivity contribution >= 4 is 12.2 Å². The summed E-state index contributed by atoms with van der Waals surface area (Å²) < 4.78 is 5.20. The molecule has 2 heteroatoms. The lowest BCUT2D eigenvalue weighted by Gasteiger charge is -1.93. The fourth-order valence-electron chi connectivity index (χ4n) is 1.20. The quantitative estimate of drug-likeness (QED) is 0.603. The molecule has 0 radical (unpaired) electrons. The Bertz CT molecular complexity index is 371. The van der Waals surface area contributed by atoms with Gasteiger partial charge in [0.2, 0.25) is 0 Å². The monoisotopic (exact) mass is 173 g/mol. The second-order valence-electron chi connectivity index (χ2n) is 3.06. The van der Waals surface area contributed by atoms with Gasteiger partial charge in [0.15, 0.2) is 12.2 Å². The Morgan fingerprint density at radius 1 is 1.23 bits per heavy atom. The first-order chi connectivity index (χ1) is 6.36. The smallest absolute Gasteiger partial charge is 0.181 e. The average molecular weight is 173 g/mol. The van der Waals surface area contributed by atoms with Crippen LogP contribution >= 0.6 is 0 Å². The molecule has 1 unspecified atom stereocenters. The predicted octanol–water partition coefficient (Wildman–Crippen LogP) is 2.91. The maximum absolute atomic E-state index is 5.20. The highest BCUT2D eigenvalue weighted by molar-refractivity contribution is 5.59. The van der Waals surface area contributed by atoms with Crippen molar-refractivity contribution in [3.05, 3.63) is 42.2 Å². The first-order valence-electron chi connectivity index (χ1n) is 4.33. The molecule has 66 valence electrons. The fourth-order valence-corrected chi connectivity index (χ4v) is 1.20. The van der Waals surface area contributed by atoms with Crippen molar-refractivity contribution in [1.29, 1.82) is 0 Å². The largest absolute Gasteiger partial charge is 0.443 e. The van der Waals surface area contributed by atoms with E-state index in [1.54, 1.807) is 0 Å². The predicted molar refractivity (Wildman–Crippen MR) is 52.9 cm³/mol. The first kappa shape index (κ1) is 8.05. The van der Waals surface area contributed by atoms with Crippen molar-refractivity contribution in [3.8, 4) is 0 Å². The molecule has 0 aromatic carbocycles. The van der Waals surface area contributed by atoms with Crippen LogP contribution in [-0.2, 0) is 0 Å². The third kappa shape index (κ3) is 1.78. The average Bonchev–Trinajstić information content (AvgIpc) is 2.56. The van der Waals surface area contributed by atoms with Crippen molar-refractivity contribution in [2.75, 3.05) is 0 Å². The molecule has 2 nitrogen and oxygen atoms in total. The van der Waals surface area contributed by atoms with E-state index >= 15 is 0 Å². The van der Waals surface area contributed by atoms with Crippen LogP contribution in [0.2, 0.25) is 0 Å². The van der Waals surface area contributed by atoms with Gasteiger partial charge in [0.05, 0.1) is 0 Å². The summed E-state index contributed by atoms with van der Waals surface area (Å²) in [4.78, 5) is 4.10. The van der Waals surface area contributed by atoms with Crippen molar-refractivity contribution in [3.63, 3.8) is 0 Å². The molecule has 1 heterocycles. The van der Waals surface area contributed by atoms with Gasteiger partial charge in [0, 0.05) is 0 Å². The van der Waals surface area contributed by atoms with Gasteiger partial charge in [-0.15, -0.1) is 0 Å². The Balaban J connectivity index is 2.42. The molecule has 13 heavy (non-hydrogen) atoms. The molecule has 0 bridgehead atoms. The molecule has 0 saturated heterocycles. The van der Waals surface area contributed by atoms with Crippen LogP contribution in [0.1, 0.15) is 18.4 Å². The van der Waals surface area contributed by atoms with Crippen molar-refractivity contribution in [1.82, 2.24) is 4.98 Å². The van der Waals surface area contributed by atoms with Crippen LogP contribution in [0.3, 0.4) is 0 Å².